The maximum atomic E-state index is 5.27. The van der Waals surface area contributed by atoms with E-state index in [0.717, 1.165) is 16.4 Å². The second kappa shape index (κ2) is 5.24. The van der Waals surface area contributed by atoms with E-state index in [4.69, 9.17) is 4.74 Å². The van der Waals surface area contributed by atoms with Crippen LogP contribution in [0.15, 0.2) is 18.2 Å². The molecule has 1 saturated carbocycles. The van der Waals surface area contributed by atoms with Crippen LogP contribution in [-0.2, 0) is 0 Å². The van der Waals surface area contributed by atoms with Crippen molar-refractivity contribution in [1.29, 1.82) is 0 Å². The quantitative estimate of drug-likeness (QED) is 0.890. The number of methoxy groups -OCH3 is 1. The summed E-state index contributed by atoms with van der Waals surface area (Å²) in [7, 11) is 1.70. The largest absolute Gasteiger partial charge is 0.497 e. The fraction of sp³-hybridized carbons (Fsp3) is 0.562. The van der Waals surface area contributed by atoms with Gasteiger partial charge in [0.15, 0.2) is 5.13 Å². The first-order valence-corrected chi connectivity index (χ1v) is 8.08. The molecule has 1 aromatic heterocycles. The monoisotopic (exact) mass is 290 g/mol. The minimum Gasteiger partial charge on any atom is -0.497 e. The summed E-state index contributed by atoms with van der Waals surface area (Å²) < 4.78 is 6.45. The molecule has 0 bridgehead atoms. The van der Waals surface area contributed by atoms with E-state index >= 15 is 0 Å². The van der Waals surface area contributed by atoms with Crippen LogP contribution in [0.3, 0.4) is 0 Å². The number of nitrogens with zero attached hydrogens (tertiary/aromatic N) is 1. The Morgan fingerprint density at radius 2 is 2.25 bits per heavy atom. The predicted molar refractivity (Wildman–Crippen MR) is 85.8 cm³/mol. The maximum Gasteiger partial charge on any atom is 0.184 e. The molecule has 108 valence electrons. The molecule has 1 aromatic carbocycles. The van der Waals surface area contributed by atoms with Crippen molar-refractivity contribution in [1.82, 2.24) is 4.98 Å². The van der Waals surface area contributed by atoms with E-state index in [1.807, 2.05) is 12.1 Å². The highest BCUT2D eigenvalue weighted by Crippen LogP contribution is 2.37. The average molecular weight is 290 g/mol. The third-order valence-electron chi connectivity index (χ3n) is 4.13. The number of rotatable bonds is 3. The molecule has 1 atom stereocenters. The summed E-state index contributed by atoms with van der Waals surface area (Å²) in [5.74, 6) is 0.895. The maximum absolute atomic E-state index is 5.27. The summed E-state index contributed by atoms with van der Waals surface area (Å²) in [5, 5.41) is 4.67. The van der Waals surface area contributed by atoms with Gasteiger partial charge in [-0.3, -0.25) is 0 Å². The van der Waals surface area contributed by atoms with Gasteiger partial charge in [0.2, 0.25) is 0 Å². The van der Waals surface area contributed by atoms with Gasteiger partial charge in [0.05, 0.1) is 17.3 Å². The molecule has 0 spiro atoms. The Balaban J connectivity index is 1.77. The lowest BCUT2D eigenvalue weighted by Crippen LogP contribution is -2.31. The van der Waals surface area contributed by atoms with E-state index in [0.29, 0.717) is 11.5 Å². The number of ether oxygens (including phenoxy) is 1. The molecule has 20 heavy (non-hydrogen) atoms. The Kier molecular flexibility index (Phi) is 3.59. The van der Waals surface area contributed by atoms with E-state index in [2.05, 4.69) is 30.2 Å². The Bertz CT molecular complexity index is 606. The van der Waals surface area contributed by atoms with Crippen LogP contribution in [0.5, 0.6) is 5.75 Å². The Hall–Kier alpha value is -1.29. The molecule has 3 rings (SSSR count). The summed E-state index contributed by atoms with van der Waals surface area (Å²) in [6, 6.07) is 6.61. The smallest absolute Gasteiger partial charge is 0.184 e. The van der Waals surface area contributed by atoms with E-state index < -0.39 is 0 Å². The highest BCUT2D eigenvalue weighted by molar-refractivity contribution is 7.22. The molecule has 1 unspecified atom stereocenters. The third kappa shape index (κ3) is 2.90. The van der Waals surface area contributed by atoms with E-state index in [1.54, 1.807) is 18.4 Å². The number of hydrogen-bond acceptors (Lipinski definition) is 4. The lowest BCUT2D eigenvalue weighted by molar-refractivity contribution is 0.229. The van der Waals surface area contributed by atoms with Gasteiger partial charge in [0, 0.05) is 6.04 Å². The Morgan fingerprint density at radius 1 is 1.40 bits per heavy atom. The van der Waals surface area contributed by atoms with Gasteiger partial charge in [0.25, 0.3) is 0 Å². The second-order valence-electron chi connectivity index (χ2n) is 6.45. The number of aromatic nitrogens is 1. The molecule has 1 heterocycles. The number of fused-ring (bicyclic) bond motifs is 1. The van der Waals surface area contributed by atoms with Crippen molar-refractivity contribution in [3.63, 3.8) is 0 Å². The number of nitrogens with one attached hydrogen (secondary N) is 1. The van der Waals surface area contributed by atoms with Crippen LogP contribution in [0, 0.1) is 5.41 Å². The second-order valence-corrected chi connectivity index (χ2v) is 7.49. The molecule has 0 amide bonds. The number of benzene rings is 1. The number of thiazole rings is 1. The van der Waals surface area contributed by atoms with Crippen LogP contribution < -0.4 is 10.1 Å². The molecule has 1 aliphatic rings. The van der Waals surface area contributed by atoms with Crippen molar-refractivity contribution in [2.24, 2.45) is 5.41 Å². The van der Waals surface area contributed by atoms with Crippen molar-refractivity contribution in [2.75, 3.05) is 12.4 Å². The number of anilines is 1. The molecule has 2 aromatic rings. The topological polar surface area (TPSA) is 34.1 Å². The predicted octanol–water partition coefficient (Wildman–Crippen LogP) is 4.69. The van der Waals surface area contributed by atoms with Crippen molar-refractivity contribution in [2.45, 2.75) is 45.6 Å². The lowest BCUT2D eigenvalue weighted by atomic mass is 9.75. The van der Waals surface area contributed by atoms with Gasteiger partial charge in [-0.15, -0.1) is 0 Å². The fourth-order valence-corrected chi connectivity index (χ4v) is 4.06. The van der Waals surface area contributed by atoms with Gasteiger partial charge in [-0.1, -0.05) is 31.6 Å². The summed E-state index contributed by atoms with van der Waals surface area (Å²) in [4.78, 5) is 4.68. The summed E-state index contributed by atoms with van der Waals surface area (Å²) in [6.07, 6.45) is 5.13. The highest BCUT2D eigenvalue weighted by Gasteiger charge is 2.28. The average Bonchev–Trinajstić information content (AvgIpc) is 2.78. The molecule has 1 fully saturated rings. The first kappa shape index (κ1) is 13.7. The molecular formula is C16H22N2OS. The molecule has 0 saturated heterocycles. The van der Waals surface area contributed by atoms with Crippen LogP contribution in [0.4, 0.5) is 5.13 Å². The summed E-state index contributed by atoms with van der Waals surface area (Å²) in [5.41, 5.74) is 1.50. The van der Waals surface area contributed by atoms with Crippen LogP contribution in [0.2, 0.25) is 0 Å². The zero-order chi connectivity index (χ0) is 14.2. The molecule has 0 radical (unpaired) electrons. The lowest BCUT2D eigenvalue weighted by Gasteiger charge is -2.35. The van der Waals surface area contributed by atoms with Crippen LogP contribution in [-0.4, -0.2) is 18.1 Å². The van der Waals surface area contributed by atoms with Crippen molar-refractivity contribution in [3.8, 4) is 5.75 Å². The first-order valence-electron chi connectivity index (χ1n) is 7.27. The third-order valence-corrected chi connectivity index (χ3v) is 5.08. The summed E-state index contributed by atoms with van der Waals surface area (Å²) in [6.45, 7) is 4.73. The van der Waals surface area contributed by atoms with Crippen molar-refractivity contribution >= 4 is 26.7 Å². The highest BCUT2D eigenvalue weighted by atomic mass is 32.1. The van der Waals surface area contributed by atoms with Crippen LogP contribution in [0.25, 0.3) is 10.2 Å². The Morgan fingerprint density at radius 3 is 3.00 bits per heavy atom. The SMILES string of the molecule is COc1ccc2nc(NC3CCCC(C)(C)C3)sc2c1. The molecule has 3 nitrogen and oxygen atoms in total. The van der Waals surface area contributed by atoms with Crippen molar-refractivity contribution in [3.05, 3.63) is 18.2 Å². The minimum absolute atomic E-state index is 0.454. The van der Waals surface area contributed by atoms with Crippen LogP contribution >= 0.6 is 11.3 Å². The minimum atomic E-state index is 0.454. The Labute approximate surface area is 124 Å². The van der Waals surface area contributed by atoms with Gasteiger partial charge in [-0.05, 0) is 42.9 Å². The van der Waals surface area contributed by atoms with E-state index in [1.165, 1.54) is 30.4 Å². The molecule has 0 aliphatic heterocycles. The zero-order valence-electron chi connectivity index (χ0n) is 12.4. The number of hydrogen-bond donors (Lipinski definition) is 1. The fourth-order valence-electron chi connectivity index (χ4n) is 3.09. The molecule has 4 heteroatoms. The van der Waals surface area contributed by atoms with Gasteiger partial charge in [-0.25, -0.2) is 4.98 Å². The standard InChI is InChI=1S/C16H22N2OS/c1-16(2)8-4-5-11(10-16)17-15-18-13-7-6-12(19-3)9-14(13)20-15/h6-7,9,11H,4-5,8,10H2,1-3H3,(H,17,18). The van der Waals surface area contributed by atoms with Gasteiger partial charge in [0.1, 0.15) is 5.75 Å². The van der Waals surface area contributed by atoms with Gasteiger partial charge < -0.3 is 10.1 Å². The molecular weight excluding hydrogens is 268 g/mol. The van der Waals surface area contributed by atoms with Gasteiger partial charge in [-0.2, -0.15) is 0 Å². The van der Waals surface area contributed by atoms with Crippen molar-refractivity contribution < 1.29 is 4.74 Å². The molecule has 1 aliphatic carbocycles. The zero-order valence-corrected chi connectivity index (χ0v) is 13.2. The first-order chi connectivity index (χ1) is 9.55. The molecule has 1 N–H and O–H groups in total. The van der Waals surface area contributed by atoms with Crippen LogP contribution in [0.1, 0.15) is 39.5 Å². The van der Waals surface area contributed by atoms with E-state index in [9.17, 15) is 0 Å². The van der Waals surface area contributed by atoms with Gasteiger partial charge >= 0.3 is 0 Å². The van der Waals surface area contributed by atoms with E-state index in [-0.39, 0.29) is 0 Å². The normalized spacial score (nSPS) is 21.9. The summed E-state index contributed by atoms with van der Waals surface area (Å²) >= 11 is 1.72.